The molecule has 0 N–H and O–H groups in total. The average Bonchev–Trinajstić information content (AvgIpc) is 3.22. The Morgan fingerprint density at radius 2 is 1.97 bits per heavy atom. The van der Waals surface area contributed by atoms with Gasteiger partial charge in [-0.15, -0.1) is 10.2 Å². The molecule has 0 spiro atoms. The zero-order valence-corrected chi connectivity index (χ0v) is 18.6. The smallest absolute Gasteiger partial charge is 0.247 e. The number of rotatable bonds is 5. The van der Waals surface area contributed by atoms with Crippen molar-refractivity contribution in [2.45, 2.75) is 38.1 Å². The van der Waals surface area contributed by atoms with Crippen molar-refractivity contribution >= 4 is 23.4 Å². The van der Waals surface area contributed by atoms with Crippen LogP contribution in [-0.2, 0) is 4.79 Å². The Balaban J connectivity index is 1.70. The van der Waals surface area contributed by atoms with Crippen LogP contribution < -0.4 is 19.1 Å². The van der Waals surface area contributed by atoms with Gasteiger partial charge in [-0.2, -0.15) is 4.98 Å². The van der Waals surface area contributed by atoms with E-state index in [-0.39, 0.29) is 12.7 Å². The Labute approximate surface area is 189 Å². The summed E-state index contributed by atoms with van der Waals surface area (Å²) in [5.41, 5.74) is 2.73. The van der Waals surface area contributed by atoms with Crippen LogP contribution in [0.15, 0.2) is 47.6 Å². The molecule has 1 amide bonds. The van der Waals surface area contributed by atoms with E-state index in [4.69, 9.17) is 14.2 Å². The van der Waals surface area contributed by atoms with Crippen LogP contribution in [-0.4, -0.2) is 33.6 Å². The number of para-hydroxylation sites is 1. The van der Waals surface area contributed by atoms with Crippen molar-refractivity contribution < 1.29 is 19.0 Å². The van der Waals surface area contributed by atoms with E-state index in [9.17, 15) is 4.79 Å². The largest absolute Gasteiger partial charge is 0.454 e. The molecule has 8 nitrogen and oxygen atoms in total. The minimum absolute atomic E-state index is 0.0495. The van der Waals surface area contributed by atoms with Crippen LogP contribution in [0.4, 0.5) is 5.69 Å². The number of hydrogen-bond acceptors (Lipinski definition) is 8. The molecule has 3 heterocycles. The molecule has 1 atom stereocenters. The van der Waals surface area contributed by atoms with E-state index in [2.05, 4.69) is 15.2 Å². The third kappa shape index (κ3) is 3.62. The summed E-state index contributed by atoms with van der Waals surface area (Å²) in [4.78, 5) is 19.7. The summed E-state index contributed by atoms with van der Waals surface area (Å²) >= 11 is 1.48. The second-order valence-electron chi connectivity index (χ2n) is 7.29. The molecule has 32 heavy (non-hydrogen) atoms. The third-order valence-electron chi connectivity index (χ3n) is 5.20. The minimum Gasteiger partial charge on any atom is -0.454 e. The fourth-order valence-corrected chi connectivity index (χ4v) is 4.30. The van der Waals surface area contributed by atoms with Crippen molar-refractivity contribution in [2.24, 2.45) is 0 Å². The van der Waals surface area contributed by atoms with Gasteiger partial charge in [0.25, 0.3) is 0 Å². The highest BCUT2D eigenvalue weighted by Gasteiger charge is 2.36. The van der Waals surface area contributed by atoms with Gasteiger partial charge in [-0.1, -0.05) is 43.8 Å². The first-order valence-corrected chi connectivity index (χ1v) is 11.5. The topological polar surface area (TPSA) is 86.7 Å². The van der Waals surface area contributed by atoms with Gasteiger partial charge in [0.05, 0.1) is 5.69 Å². The molecular weight excluding hydrogens is 428 g/mol. The first-order valence-electron chi connectivity index (χ1n) is 10.5. The van der Waals surface area contributed by atoms with Crippen LogP contribution in [0.25, 0.3) is 11.3 Å². The summed E-state index contributed by atoms with van der Waals surface area (Å²) in [7, 11) is 0. The lowest BCUT2D eigenvalue weighted by molar-refractivity contribution is -0.120. The van der Waals surface area contributed by atoms with Crippen molar-refractivity contribution in [3.05, 3.63) is 48.0 Å². The molecule has 3 aromatic rings. The molecule has 2 aliphatic heterocycles. The Bertz CT molecular complexity index is 1170. The number of fused-ring (bicyclic) bond motifs is 4. The van der Waals surface area contributed by atoms with Crippen molar-refractivity contribution in [1.29, 1.82) is 0 Å². The number of carbonyl (C=O) groups excluding carboxylic acids is 1. The highest BCUT2D eigenvalue weighted by atomic mass is 32.2. The third-order valence-corrected chi connectivity index (χ3v) is 5.92. The fourth-order valence-electron chi connectivity index (χ4n) is 3.79. The summed E-state index contributed by atoms with van der Waals surface area (Å²) in [5.74, 6) is 2.39. The molecule has 0 radical (unpaired) electrons. The zero-order valence-electron chi connectivity index (χ0n) is 17.8. The zero-order chi connectivity index (χ0) is 22.1. The molecule has 0 aliphatic carbocycles. The Kier molecular flexibility index (Phi) is 5.57. The average molecular weight is 451 g/mol. The lowest BCUT2D eigenvalue weighted by Gasteiger charge is -2.31. The number of nitrogens with zero attached hydrogens (tertiary/aromatic N) is 4. The van der Waals surface area contributed by atoms with Crippen molar-refractivity contribution in [3.63, 3.8) is 0 Å². The number of benzene rings is 2. The number of hydrogen-bond donors (Lipinski definition) is 0. The molecular formula is C23H22N4O4S. The predicted molar refractivity (Wildman–Crippen MR) is 120 cm³/mol. The van der Waals surface area contributed by atoms with E-state index in [1.807, 2.05) is 56.3 Å². The van der Waals surface area contributed by atoms with Crippen LogP contribution >= 0.6 is 11.8 Å². The molecule has 1 aromatic heterocycles. The molecule has 9 heteroatoms. The van der Waals surface area contributed by atoms with Gasteiger partial charge in [0, 0.05) is 17.5 Å². The van der Waals surface area contributed by atoms with Crippen LogP contribution in [0.2, 0.25) is 0 Å². The number of aromatic nitrogens is 3. The summed E-state index contributed by atoms with van der Waals surface area (Å²) in [6.07, 6.45) is 0.348. The van der Waals surface area contributed by atoms with Crippen LogP contribution in [0, 0.1) is 0 Å². The SMILES string of the molecule is CCCC(=O)N1c2ccccc2-c2nnc(SCC)nc2O[C@H]1c1ccc2c(c1)OCO2. The molecule has 0 saturated heterocycles. The normalized spacial score (nSPS) is 16.1. The van der Waals surface area contributed by atoms with Gasteiger partial charge in [-0.05, 0) is 36.4 Å². The van der Waals surface area contributed by atoms with Crippen LogP contribution in [0.5, 0.6) is 17.4 Å². The summed E-state index contributed by atoms with van der Waals surface area (Å²) in [6, 6.07) is 13.2. The molecule has 0 fully saturated rings. The van der Waals surface area contributed by atoms with Crippen molar-refractivity contribution in [2.75, 3.05) is 17.4 Å². The van der Waals surface area contributed by atoms with E-state index in [1.54, 1.807) is 4.90 Å². The second-order valence-corrected chi connectivity index (χ2v) is 8.53. The van der Waals surface area contributed by atoms with Gasteiger partial charge < -0.3 is 14.2 Å². The first kappa shape index (κ1) is 20.6. The Morgan fingerprint density at radius 3 is 2.81 bits per heavy atom. The Hall–Kier alpha value is -3.33. The van der Waals surface area contributed by atoms with Gasteiger partial charge in [-0.25, -0.2) is 0 Å². The second kappa shape index (κ2) is 8.66. The first-order chi connectivity index (χ1) is 15.7. The molecule has 5 rings (SSSR count). The predicted octanol–water partition coefficient (Wildman–Crippen LogP) is 4.60. The monoisotopic (exact) mass is 450 g/mol. The number of anilines is 1. The molecule has 164 valence electrons. The highest BCUT2D eigenvalue weighted by Crippen LogP contribution is 2.45. The molecule has 2 aromatic carbocycles. The van der Waals surface area contributed by atoms with Crippen LogP contribution in [0.3, 0.4) is 0 Å². The van der Waals surface area contributed by atoms with Gasteiger partial charge in [0.1, 0.15) is 0 Å². The number of thioether (sulfide) groups is 1. The van der Waals surface area contributed by atoms with Gasteiger partial charge in [-0.3, -0.25) is 9.69 Å². The maximum Gasteiger partial charge on any atom is 0.247 e. The number of ether oxygens (including phenoxy) is 3. The van der Waals surface area contributed by atoms with E-state index in [1.165, 1.54) is 11.8 Å². The number of carbonyl (C=O) groups is 1. The van der Waals surface area contributed by atoms with E-state index < -0.39 is 6.23 Å². The maximum absolute atomic E-state index is 13.4. The van der Waals surface area contributed by atoms with Crippen molar-refractivity contribution in [1.82, 2.24) is 15.2 Å². The molecule has 0 saturated carbocycles. The van der Waals surface area contributed by atoms with Gasteiger partial charge in [0.15, 0.2) is 17.2 Å². The lowest BCUT2D eigenvalue weighted by Crippen LogP contribution is -2.37. The maximum atomic E-state index is 13.4. The molecule has 0 unspecified atom stereocenters. The quantitative estimate of drug-likeness (QED) is 0.521. The molecule has 0 bridgehead atoms. The summed E-state index contributed by atoms with van der Waals surface area (Å²) in [6.45, 7) is 4.17. The van der Waals surface area contributed by atoms with Crippen molar-refractivity contribution in [3.8, 4) is 28.6 Å². The molecule has 2 aliphatic rings. The Morgan fingerprint density at radius 1 is 1.12 bits per heavy atom. The van der Waals surface area contributed by atoms with E-state index in [0.717, 1.165) is 16.9 Å². The summed E-state index contributed by atoms with van der Waals surface area (Å²) < 4.78 is 17.5. The van der Waals surface area contributed by atoms with Gasteiger partial charge >= 0.3 is 0 Å². The standard InChI is InChI=1S/C23H22N4O4S/c1-3-7-19(28)27-16-9-6-5-8-15(16)20-21(24-23(26-25-20)32-4-2)31-22(27)14-10-11-17-18(12-14)30-13-29-17/h5-6,8-12,22H,3-4,7,13H2,1-2H3/t22-/m0/s1. The van der Waals surface area contributed by atoms with Crippen LogP contribution in [0.1, 0.15) is 38.5 Å². The summed E-state index contributed by atoms with van der Waals surface area (Å²) in [5, 5.41) is 9.21. The highest BCUT2D eigenvalue weighted by molar-refractivity contribution is 7.99. The lowest BCUT2D eigenvalue weighted by atomic mass is 10.1. The van der Waals surface area contributed by atoms with E-state index >= 15 is 0 Å². The minimum atomic E-state index is -0.748. The number of amides is 1. The van der Waals surface area contributed by atoms with Gasteiger partial charge in [0.2, 0.25) is 30.0 Å². The van der Waals surface area contributed by atoms with E-state index in [0.29, 0.717) is 46.8 Å². The fraction of sp³-hybridized carbons (Fsp3) is 0.304.